The first-order chi connectivity index (χ1) is 6.68. The summed E-state index contributed by atoms with van der Waals surface area (Å²) in [6.07, 6.45) is 4.33. The molecule has 0 radical (unpaired) electrons. The molecule has 1 aliphatic carbocycles. The van der Waals surface area contributed by atoms with Crippen molar-refractivity contribution in [1.82, 2.24) is 0 Å². The number of benzene rings is 1. The van der Waals surface area contributed by atoms with Crippen molar-refractivity contribution in [3.63, 3.8) is 0 Å². The maximum Gasteiger partial charge on any atom is 0.0531 e. The molecule has 1 aromatic carbocycles. The SMILES string of the molecule is C[C@H]1C=Cc2ccccc2[C@@]1(C)CO. The Hall–Kier alpha value is -1.08. The summed E-state index contributed by atoms with van der Waals surface area (Å²) < 4.78 is 0. The van der Waals surface area contributed by atoms with Gasteiger partial charge in [0.2, 0.25) is 0 Å². The van der Waals surface area contributed by atoms with E-state index < -0.39 is 0 Å². The molecule has 0 spiro atoms. The lowest BCUT2D eigenvalue weighted by atomic mass is 9.68. The first-order valence-electron chi connectivity index (χ1n) is 5.07. The van der Waals surface area contributed by atoms with Crippen molar-refractivity contribution in [2.75, 3.05) is 6.61 Å². The van der Waals surface area contributed by atoms with Crippen molar-refractivity contribution < 1.29 is 5.11 Å². The van der Waals surface area contributed by atoms with Crippen LogP contribution >= 0.6 is 0 Å². The van der Waals surface area contributed by atoms with Crippen LogP contribution in [0.4, 0.5) is 0 Å². The lowest BCUT2D eigenvalue weighted by Gasteiger charge is -2.36. The molecule has 0 unspecified atom stereocenters. The summed E-state index contributed by atoms with van der Waals surface area (Å²) >= 11 is 0. The molecule has 74 valence electrons. The second-order valence-corrected chi connectivity index (χ2v) is 4.31. The molecule has 0 aliphatic heterocycles. The van der Waals surface area contributed by atoms with Gasteiger partial charge in [-0.2, -0.15) is 0 Å². The van der Waals surface area contributed by atoms with Crippen LogP contribution in [0.5, 0.6) is 0 Å². The zero-order valence-corrected chi connectivity index (χ0v) is 8.70. The summed E-state index contributed by atoms with van der Waals surface area (Å²) in [4.78, 5) is 0. The predicted octanol–water partition coefficient (Wildman–Crippen LogP) is 2.60. The first kappa shape index (κ1) is 9.47. The van der Waals surface area contributed by atoms with Gasteiger partial charge in [0, 0.05) is 5.41 Å². The zero-order valence-electron chi connectivity index (χ0n) is 8.70. The Morgan fingerprint density at radius 3 is 2.79 bits per heavy atom. The van der Waals surface area contributed by atoms with Crippen LogP contribution in [-0.2, 0) is 5.41 Å². The summed E-state index contributed by atoms with van der Waals surface area (Å²) in [5, 5.41) is 9.53. The van der Waals surface area contributed by atoms with Crippen LogP contribution in [-0.4, -0.2) is 11.7 Å². The monoisotopic (exact) mass is 188 g/mol. The average Bonchev–Trinajstić information content (AvgIpc) is 2.24. The fourth-order valence-corrected chi connectivity index (χ4v) is 2.10. The highest BCUT2D eigenvalue weighted by Crippen LogP contribution is 2.38. The maximum atomic E-state index is 9.53. The van der Waals surface area contributed by atoms with Crippen LogP contribution in [0.15, 0.2) is 30.3 Å². The molecular weight excluding hydrogens is 172 g/mol. The van der Waals surface area contributed by atoms with Crippen LogP contribution in [0.25, 0.3) is 6.08 Å². The fraction of sp³-hybridized carbons (Fsp3) is 0.385. The Labute approximate surface area is 85.1 Å². The predicted molar refractivity (Wildman–Crippen MR) is 59.1 cm³/mol. The van der Waals surface area contributed by atoms with Gasteiger partial charge >= 0.3 is 0 Å². The standard InChI is InChI=1S/C13H16O/c1-10-7-8-11-5-3-4-6-12(11)13(10,2)9-14/h3-8,10,14H,9H2,1-2H3/t10-,13-/m0/s1. The van der Waals surface area contributed by atoms with Crippen molar-refractivity contribution >= 4 is 6.08 Å². The lowest BCUT2D eigenvalue weighted by molar-refractivity contribution is 0.174. The summed E-state index contributed by atoms with van der Waals surface area (Å²) in [6.45, 7) is 4.48. The molecule has 1 heteroatoms. The number of aliphatic hydroxyl groups excluding tert-OH is 1. The van der Waals surface area contributed by atoms with Gasteiger partial charge < -0.3 is 5.11 Å². The molecule has 0 heterocycles. The number of hydrogen-bond acceptors (Lipinski definition) is 1. The van der Waals surface area contributed by atoms with Crippen LogP contribution < -0.4 is 0 Å². The minimum Gasteiger partial charge on any atom is -0.395 e. The van der Waals surface area contributed by atoms with E-state index in [-0.39, 0.29) is 12.0 Å². The minimum atomic E-state index is -0.120. The quantitative estimate of drug-likeness (QED) is 0.718. The lowest BCUT2D eigenvalue weighted by Crippen LogP contribution is -2.35. The highest BCUT2D eigenvalue weighted by molar-refractivity contribution is 5.59. The Morgan fingerprint density at radius 1 is 1.36 bits per heavy atom. The normalized spacial score (nSPS) is 30.1. The molecule has 2 atom stereocenters. The molecule has 0 aromatic heterocycles. The third kappa shape index (κ3) is 1.20. The van der Waals surface area contributed by atoms with Crippen molar-refractivity contribution in [3.8, 4) is 0 Å². The summed E-state index contributed by atoms with van der Waals surface area (Å²) in [5.41, 5.74) is 2.38. The van der Waals surface area contributed by atoms with E-state index in [0.29, 0.717) is 5.92 Å². The number of rotatable bonds is 1. The van der Waals surface area contributed by atoms with E-state index >= 15 is 0 Å². The van der Waals surface area contributed by atoms with Gasteiger partial charge in [0.1, 0.15) is 0 Å². The summed E-state index contributed by atoms with van der Waals surface area (Å²) in [6, 6.07) is 8.30. The van der Waals surface area contributed by atoms with E-state index in [1.54, 1.807) is 0 Å². The molecule has 1 N–H and O–H groups in total. The van der Waals surface area contributed by atoms with E-state index in [2.05, 4.69) is 38.1 Å². The molecule has 1 aromatic rings. The molecule has 0 bridgehead atoms. The van der Waals surface area contributed by atoms with Gasteiger partial charge in [0.25, 0.3) is 0 Å². The minimum absolute atomic E-state index is 0.120. The van der Waals surface area contributed by atoms with Crippen molar-refractivity contribution in [3.05, 3.63) is 41.5 Å². The van der Waals surface area contributed by atoms with Crippen molar-refractivity contribution in [2.24, 2.45) is 5.92 Å². The average molecular weight is 188 g/mol. The van der Waals surface area contributed by atoms with Gasteiger partial charge in [-0.3, -0.25) is 0 Å². The Morgan fingerprint density at radius 2 is 2.07 bits per heavy atom. The Balaban J connectivity index is 2.59. The Bertz CT molecular complexity index is 367. The van der Waals surface area contributed by atoms with E-state index in [1.165, 1.54) is 11.1 Å². The topological polar surface area (TPSA) is 20.2 Å². The highest BCUT2D eigenvalue weighted by atomic mass is 16.3. The molecule has 0 amide bonds. The smallest absolute Gasteiger partial charge is 0.0531 e. The number of aliphatic hydroxyl groups is 1. The van der Waals surface area contributed by atoms with E-state index in [0.717, 1.165) is 0 Å². The van der Waals surface area contributed by atoms with Crippen LogP contribution in [0.1, 0.15) is 25.0 Å². The Kier molecular flexibility index (Phi) is 2.20. The van der Waals surface area contributed by atoms with E-state index in [1.807, 2.05) is 12.1 Å². The number of allylic oxidation sites excluding steroid dienone is 1. The number of fused-ring (bicyclic) bond motifs is 1. The van der Waals surface area contributed by atoms with Gasteiger partial charge in [0.15, 0.2) is 0 Å². The van der Waals surface area contributed by atoms with E-state index in [4.69, 9.17) is 0 Å². The van der Waals surface area contributed by atoms with Crippen molar-refractivity contribution in [2.45, 2.75) is 19.3 Å². The largest absolute Gasteiger partial charge is 0.395 e. The third-order valence-electron chi connectivity index (χ3n) is 3.47. The highest BCUT2D eigenvalue weighted by Gasteiger charge is 2.34. The van der Waals surface area contributed by atoms with Gasteiger partial charge in [0.05, 0.1) is 6.61 Å². The van der Waals surface area contributed by atoms with Crippen LogP contribution in [0.2, 0.25) is 0 Å². The van der Waals surface area contributed by atoms with Gasteiger partial charge in [-0.15, -0.1) is 0 Å². The second kappa shape index (κ2) is 3.25. The van der Waals surface area contributed by atoms with Crippen LogP contribution in [0, 0.1) is 5.92 Å². The van der Waals surface area contributed by atoms with Crippen molar-refractivity contribution in [1.29, 1.82) is 0 Å². The first-order valence-corrected chi connectivity index (χ1v) is 5.07. The summed E-state index contributed by atoms with van der Waals surface area (Å²) in [7, 11) is 0. The van der Waals surface area contributed by atoms with E-state index in [9.17, 15) is 5.11 Å². The summed E-state index contributed by atoms with van der Waals surface area (Å²) in [5.74, 6) is 0.391. The molecular formula is C13H16O. The molecule has 0 saturated heterocycles. The maximum absolute atomic E-state index is 9.53. The molecule has 14 heavy (non-hydrogen) atoms. The second-order valence-electron chi connectivity index (χ2n) is 4.31. The molecule has 2 rings (SSSR count). The molecule has 1 aliphatic rings. The molecule has 0 fully saturated rings. The zero-order chi connectivity index (χ0) is 10.2. The fourth-order valence-electron chi connectivity index (χ4n) is 2.10. The van der Waals surface area contributed by atoms with Gasteiger partial charge in [-0.25, -0.2) is 0 Å². The molecule has 1 nitrogen and oxygen atoms in total. The molecule has 0 saturated carbocycles. The van der Waals surface area contributed by atoms with Gasteiger partial charge in [-0.05, 0) is 17.0 Å². The third-order valence-corrected chi connectivity index (χ3v) is 3.47. The van der Waals surface area contributed by atoms with Crippen LogP contribution in [0.3, 0.4) is 0 Å². The van der Waals surface area contributed by atoms with Gasteiger partial charge in [-0.1, -0.05) is 50.3 Å². The number of hydrogen-bond donors (Lipinski definition) is 1.